The van der Waals surface area contributed by atoms with Gasteiger partial charge in [-0.2, -0.15) is 5.10 Å². The fourth-order valence-electron chi connectivity index (χ4n) is 4.75. The normalized spacial score (nSPS) is 14.5. The molecule has 9 nitrogen and oxygen atoms in total. The standard InChI is InChI=1S/C27H25ClF2N6O3/c1-15-8-23(36-12-18(30)11-32-36)19-4-3-5-24(26(19)33-15)39-14-21-20(9-17(29)10-22(21)28)16(2)35-13-25(37)34(7-6-31)27(35)38/h3-5,8-12,16H,6-7,13-14,31H2,1-2H3/t16-/m0/s1. The Bertz CT molecular complexity index is 1590. The number of benzene rings is 2. The molecule has 3 heterocycles. The fourth-order valence-corrected chi connectivity index (χ4v) is 5.01. The number of ether oxygens (including phenoxy) is 1. The number of carbonyl (C=O) groups is 2. The predicted molar refractivity (Wildman–Crippen MR) is 141 cm³/mol. The molecule has 5 rings (SSSR count). The first-order valence-corrected chi connectivity index (χ1v) is 12.6. The Morgan fingerprint density at radius 3 is 2.69 bits per heavy atom. The Morgan fingerprint density at radius 1 is 1.18 bits per heavy atom. The second-order valence-corrected chi connectivity index (χ2v) is 9.61. The Labute approximate surface area is 227 Å². The number of pyridine rings is 1. The summed E-state index contributed by atoms with van der Waals surface area (Å²) in [7, 11) is 0. The minimum Gasteiger partial charge on any atom is -0.487 e. The molecule has 1 aliphatic rings. The van der Waals surface area contributed by atoms with E-state index in [0.29, 0.717) is 39.2 Å². The fraction of sp³-hybridized carbons (Fsp3) is 0.259. The van der Waals surface area contributed by atoms with Gasteiger partial charge < -0.3 is 15.4 Å². The highest BCUT2D eigenvalue weighted by Gasteiger charge is 2.39. The molecule has 2 aromatic carbocycles. The van der Waals surface area contributed by atoms with Gasteiger partial charge in [0.2, 0.25) is 5.91 Å². The van der Waals surface area contributed by atoms with E-state index in [9.17, 15) is 18.4 Å². The molecule has 3 amide bonds. The summed E-state index contributed by atoms with van der Waals surface area (Å²) >= 11 is 6.47. The monoisotopic (exact) mass is 554 g/mol. The van der Waals surface area contributed by atoms with Crippen molar-refractivity contribution in [1.82, 2.24) is 24.6 Å². The third kappa shape index (κ3) is 5.02. The van der Waals surface area contributed by atoms with Crippen LogP contribution in [-0.4, -0.2) is 56.1 Å². The topological polar surface area (TPSA) is 107 Å². The average Bonchev–Trinajstić information content (AvgIpc) is 3.45. The number of nitrogens with zero attached hydrogens (tertiary/aromatic N) is 5. The molecule has 12 heteroatoms. The van der Waals surface area contributed by atoms with Crippen LogP contribution < -0.4 is 10.5 Å². The van der Waals surface area contributed by atoms with Crippen LogP contribution in [0.3, 0.4) is 0 Å². The number of nitrogens with two attached hydrogens (primary N) is 1. The molecule has 1 aliphatic heterocycles. The van der Waals surface area contributed by atoms with Crippen LogP contribution in [0.2, 0.25) is 5.02 Å². The number of rotatable bonds is 8. The van der Waals surface area contributed by atoms with E-state index in [-0.39, 0.29) is 37.2 Å². The van der Waals surface area contributed by atoms with Crippen molar-refractivity contribution in [2.75, 3.05) is 19.6 Å². The number of fused-ring (bicyclic) bond motifs is 1. The molecule has 0 spiro atoms. The van der Waals surface area contributed by atoms with Crippen LogP contribution in [0, 0.1) is 18.6 Å². The van der Waals surface area contributed by atoms with Crippen LogP contribution in [0.5, 0.6) is 5.75 Å². The van der Waals surface area contributed by atoms with Crippen molar-refractivity contribution < 1.29 is 23.1 Å². The average molecular weight is 555 g/mol. The zero-order chi connectivity index (χ0) is 27.8. The Balaban J connectivity index is 1.49. The zero-order valence-corrected chi connectivity index (χ0v) is 22.0. The van der Waals surface area contributed by atoms with Gasteiger partial charge in [0, 0.05) is 29.7 Å². The maximum Gasteiger partial charge on any atom is 0.327 e. The lowest BCUT2D eigenvalue weighted by atomic mass is 10.0. The smallest absolute Gasteiger partial charge is 0.327 e. The number of amides is 3. The van der Waals surface area contributed by atoms with Gasteiger partial charge in [-0.1, -0.05) is 23.7 Å². The molecule has 0 saturated carbocycles. The van der Waals surface area contributed by atoms with Crippen molar-refractivity contribution >= 4 is 34.4 Å². The minimum atomic E-state index is -0.676. The third-order valence-electron chi connectivity index (χ3n) is 6.63. The van der Waals surface area contributed by atoms with Crippen molar-refractivity contribution in [3.63, 3.8) is 0 Å². The quantitative estimate of drug-likeness (QED) is 0.321. The third-order valence-corrected chi connectivity index (χ3v) is 6.96. The molecule has 2 N–H and O–H groups in total. The van der Waals surface area contributed by atoms with Crippen LogP contribution >= 0.6 is 11.6 Å². The Morgan fingerprint density at radius 2 is 1.97 bits per heavy atom. The summed E-state index contributed by atoms with van der Waals surface area (Å²) in [5.41, 5.74) is 8.22. The minimum absolute atomic E-state index is 0.0677. The number of hydrogen-bond donors (Lipinski definition) is 1. The zero-order valence-electron chi connectivity index (χ0n) is 21.2. The molecule has 0 radical (unpaired) electrons. The van der Waals surface area contributed by atoms with Crippen LogP contribution in [0.15, 0.2) is 48.8 Å². The number of urea groups is 1. The van der Waals surface area contributed by atoms with Crippen LogP contribution in [0.4, 0.5) is 13.6 Å². The van der Waals surface area contributed by atoms with Gasteiger partial charge >= 0.3 is 6.03 Å². The summed E-state index contributed by atoms with van der Waals surface area (Å²) in [4.78, 5) is 32.3. The van der Waals surface area contributed by atoms with Crippen LogP contribution in [0.25, 0.3) is 16.6 Å². The number of imide groups is 1. The van der Waals surface area contributed by atoms with Gasteiger partial charge in [-0.15, -0.1) is 0 Å². The van der Waals surface area contributed by atoms with Crippen molar-refractivity contribution in [3.05, 3.63) is 82.3 Å². The van der Waals surface area contributed by atoms with E-state index in [1.54, 1.807) is 32.0 Å². The summed E-state index contributed by atoms with van der Waals surface area (Å²) in [5, 5.41) is 4.87. The highest BCUT2D eigenvalue weighted by molar-refractivity contribution is 6.31. The van der Waals surface area contributed by atoms with Gasteiger partial charge in [0.05, 0.1) is 29.1 Å². The summed E-state index contributed by atoms with van der Waals surface area (Å²) in [6.07, 6.45) is 2.39. The summed E-state index contributed by atoms with van der Waals surface area (Å²) in [6, 6.07) is 8.40. The molecule has 0 bridgehead atoms. The number of aromatic nitrogens is 3. The van der Waals surface area contributed by atoms with E-state index >= 15 is 0 Å². The van der Waals surface area contributed by atoms with E-state index in [0.717, 1.165) is 11.1 Å². The molecule has 1 saturated heterocycles. The van der Waals surface area contributed by atoms with E-state index < -0.39 is 23.7 Å². The second-order valence-electron chi connectivity index (χ2n) is 9.20. The molecule has 0 aliphatic carbocycles. The van der Waals surface area contributed by atoms with Gasteiger partial charge in [-0.25, -0.2) is 23.2 Å². The Hall–Kier alpha value is -4.09. The first kappa shape index (κ1) is 26.5. The largest absolute Gasteiger partial charge is 0.487 e. The molecule has 2 aromatic heterocycles. The lowest BCUT2D eigenvalue weighted by Crippen LogP contribution is -2.37. The van der Waals surface area contributed by atoms with Gasteiger partial charge in [-0.05, 0) is 43.7 Å². The van der Waals surface area contributed by atoms with Crippen LogP contribution in [-0.2, 0) is 11.4 Å². The number of halogens is 3. The van der Waals surface area contributed by atoms with Gasteiger partial charge in [-0.3, -0.25) is 9.69 Å². The van der Waals surface area contributed by atoms with Gasteiger partial charge in [0.1, 0.15) is 30.2 Å². The van der Waals surface area contributed by atoms with E-state index in [1.807, 2.05) is 6.07 Å². The second kappa shape index (κ2) is 10.6. The molecule has 39 heavy (non-hydrogen) atoms. The van der Waals surface area contributed by atoms with Crippen molar-refractivity contribution in [1.29, 1.82) is 0 Å². The molecule has 0 unspecified atom stereocenters. The molecular formula is C27H25ClF2N6O3. The first-order valence-electron chi connectivity index (χ1n) is 12.2. The summed E-state index contributed by atoms with van der Waals surface area (Å²) < 4.78 is 35.7. The highest BCUT2D eigenvalue weighted by atomic mass is 35.5. The summed E-state index contributed by atoms with van der Waals surface area (Å²) in [5.74, 6) is -1.00. The van der Waals surface area contributed by atoms with E-state index in [4.69, 9.17) is 22.1 Å². The molecule has 1 fully saturated rings. The van der Waals surface area contributed by atoms with Crippen molar-refractivity contribution in [3.8, 4) is 11.4 Å². The number of hydrogen-bond acceptors (Lipinski definition) is 6. The maximum absolute atomic E-state index is 14.5. The lowest BCUT2D eigenvalue weighted by Gasteiger charge is -2.26. The van der Waals surface area contributed by atoms with Gasteiger partial charge in [0.25, 0.3) is 0 Å². The Kier molecular flexibility index (Phi) is 7.19. The molecule has 4 aromatic rings. The molecular weight excluding hydrogens is 530 g/mol. The van der Waals surface area contributed by atoms with E-state index in [2.05, 4.69) is 10.1 Å². The summed E-state index contributed by atoms with van der Waals surface area (Å²) in [6.45, 7) is 3.52. The van der Waals surface area contributed by atoms with Gasteiger partial charge in [0.15, 0.2) is 5.82 Å². The first-order chi connectivity index (χ1) is 18.7. The lowest BCUT2D eigenvalue weighted by molar-refractivity contribution is -0.125. The SMILES string of the molecule is Cc1cc(-n2cc(F)cn2)c2cccc(OCc3c(Cl)cc(F)cc3[C@H](C)N3CC(=O)N(CCN)C3=O)c2n1. The molecule has 202 valence electrons. The maximum atomic E-state index is 14.5. The van der Waals surface area contributed by atoms with Crippen LogP contribution in [0.1, 0.15) is 29.8 Å². The van der Waals surface area contributed by atoms with E-state index in [1.165, 1.54) is 27.9 Å². The van der Waals surface area contributed by atoms with Crippen molar-refractivity contribution in [2.24, 2.45) is 5.73 Å². The number of aryl methyl sites for hydroxylation is 1. The van der Waals surface area contributed by atoms with Crippen molar-refractivity contribution in [2.45, 2.75) is 26.5 Å². The molecule has 1 atom stereocenters. The number of para-hydroxylation sites is 1. The number of carbonyl (C=O) groups excluding carboxylic acids is 2. The predicted octanol–water partition coefficient (Wildman–Crippen LogP) is 4.52. The highest BCUT2D eigenvalue weighted by Crippen LogP contribution is 2.35.